The second-order valence-electron chi connectivity index (χ2n) is 4.91. The number of benzene rings is 1. The smallest absolute Gasteiger partial charge is 0.308 e. The van der Waals surface area contributed by atoms with E-state index in [4.69, 9.17) is 9.47 Å². The number of carbonyl (C=O) groups excluding carboxylic acids is 3. The molecule has 2 N–H and O–H groups in total. The van der Waals surface area contributed by atoms with Crippen LogP contribution < -0.4 is 15.4 Å². The van der Waals surface area contributed by atoms with E-state index in [-0.39, 0.29) is 18.4 Å². The molecule has 22 heavy (non-hydrogen) atoms. The van der Waals surface area contributed by atoms with Gasteiger partial charge in [-0.25, -0.2) is 0 Å². The third kappa shape index (κ3) is 5.43. The largest absolute Gasteiger partial charge is 0.495 e. The molecule has 0 bridgehead atoms. The Labute approximate surface area is 129 Å². The Morgan fingerprint density at radius 2 is 1.86 bits per heavy atom. The highest BCUT2D eigenvalue weighted by atomic mass is 16.5. The van der Waals surface area contributed by atoms with E-state index in [0.29, 0.717) is 17.1 Å². The van der Waals surface area contributed by atoms with Gasteiger partial charge < -0.3 is 20.1 Å². The van der Waals surface area contributed by atoms with E-state index >= 15 is 0 Å². The summed E-state index contributed by atoms with van der Waals surface area (Å²) in [4.78, 5) is 34.2. The van der Waals surface area contributed by atoms with Crippen molar-refractivity contribution in [1.82, 2.24) is 0 Å². The molecule has 2 amide bonds. The van der Waals surface area contributed by atoms with Crippen molar-refractivity contribution in [3.63, 3.8) is 0 Å². The van der Waals surface area contributed by atoms with Crippen LogP contribution in [0.25, 0.3) is 0 Å². The molecule has 0 atom stereocenters. The summed E-state index contributed by atoms with van der Waals surface area (Å²) in [6, 6.07) is 4.82. The third-order valence-electron chi connectivity index (χ3n) is 2.61. The second-order valence-corrected chi connectivity index (χ2v) is 4.91. The summed E-state index contributed by atoms with van der Waals surface area (Å²) in [7, 11) is 1.46. The van der Waals surface area contributed by atoms with Gasteiger partial charge in [-0.05, 0) is 18.2 Å². The highest BCUT2D eigenvalue weighted by Gasteiger charge is 2.13. The van der Waals surface area contributed by atoms with E-state index in [9.17, 15) is 14.4 Å². The molecule has 0 aliphatic carbocycles. The summed E-state index contributed by atoms with van der Waals surface area (Å²) >= 11 is 0. The maximum atomic E-state index is 11.8. The number of methoxy groups -OCH3 is 1. The fourth-order valence-electron chi connectivity index (χ4n) is 1.58. The first-order chi connectivity index (χ1) is 10.3. The number of amides is 2. The lowest BCUT2D eigenvalue weighted by Gasteiger charge is -2.13. The van der Waals surface area contributed by atoms with E-state index < -0.39 is 11.9 Å². The Morgan fingerprint density at radius 1 is 1.18 bits per heavy atom. The van der Waals surface area contributed by atoms with Crippen LogP contribution in [0.15, 0.2) is 18.2 Å². The van der Waals surface area contributed by atoms with Crippen LogP contribution in [0.5, 0.6) is 5.75 Å². The number of rotatable bonds is 6. The lowest BCUT2D eigenvalue weighted by atomic mass is 10.2. The minimum absolute atomic E-state index is 0.228. The van der Waals surface area contributed by atoms with Crippen molar-refractivity contribution in [3.8, 4) is 5.75 Å². The van der Waals surface area contributed by atoms with Crippen LogP contribution in [0.3, 0.4) is 0 Å². The number of ether oxygens (including phenoxy) is 2. The molecule has 0 aromatic heterocycles. The normalized spacial score (nSPS) is 10.0. The zero-order valence-electron chi connectivity index (χ0n) is 13.1. The van der Waals surface area contributed by atoms with Crippen LogP contribution in [0, 0.1) is 5.92 Å². The van der Waals surface area contributed by atoms with Gasteiger partial charge >= 0.3 is 5.97 Å². The zero-order chi connectivity index (χ0) is 16.7. The molecule has 7 nitrogen and oxygen atoms in total. The van der Waals surface area contributed by atoms with Crippen molar-refractivity contribution >= 4 is 29.2 Å². The molecule has 1 aromatic rings. The fraction of sp³-hybridized carbons (Fsp3) is 0.400. The van der Waals surface area contributed by atoms with Gasteiger partial charge in [0.2, 0.25) is 5.91 Å². The molecule has 120 valence electrons. The van der Waals surface area contributed by atoms with Crippen LogP contribution >= 0.6 is 0 Å². The summed E-state index contributed by atoms with van der Waals surface area (Å²) < 4.78 is 9.98. The molecule has 0 spiro atoms. The Balaban J connectivity index is 2.75. The van der Waals surface area contributed by atoms with Crippen molar-refractivity contribution in [2.75, 3.05) is 24.4 Å². The number of hydrogen-bond acceptors (Lipinski definition) is 5. The molecule has 0 saturated heterocycles. The van der Waals surface area contributed by atoms with Gasteiger partial charge in [-0.1, -0.05) is 13.8 Å². The Bertz CT molecular complexity index is 569. The molecule has 1 rings (SSSR count). The van der Waals surface area contributed by atoms with Gasteiger partial charge in [-0.2, -0.15) is 0 Å². The predicted octanol–water partition coefficient (Wildman–Crippen LogP) is 1.79. The molecule has 0 saturated carbocycles. The number of esters is 1. The van der Waals surface area contributed by atoms with Gasteiger partial charge in [0.25, 0.3) is 5.91 Å². The minimum Gasteiger partial charge on any atom is -0.495 e. The number of hydrogen-bond donors (Lipinski definition) is 2. The molecule has 0 unspecified atom stereocenters. The van der Waals surface area contributed by atoms with Gasteiger partial charge in [0, 0.05) is 12.6 Å². The number of carbonyl (C=O) groups is 3. The highest BCUT2D eigenvalue weighted by molar-refractivity contribution is 5.96. The molecule has 1 aromatic carbocycles. The standard InChI is InChI=1S/C15H20N2O5/c1-9(2)15(20)22-8-14(19)17-12-7-11(16-10(3)18)5-6-13(12)21-4/h5-7,9H,8H2,1-4H3,(H,16,18)(H,17,19). The van der Waals surface area contributed by atoms with E-state index in [0.717, 1.165) is 0 Å². The van der Waals surface area contributed by atoms with Gasteiger partial charge in [-0.15, -0.1) is 0 Å². The molecule has 0 aliphatic heterocycles. The molecule has 7 heteroatoms. The van der Waals surface area contributed by atoms with E-state index in [1.807, 2.05) is 0 Å². The first-order valence-corrected chi connectivity index (χ1v) is 6.75. The van der Waals surface area contributed by atoms with Crippen molar-refractivity contribution < 1.29 is 23.9 Å². The van der Waals surface area contributed by atoms with Crippen molar-refractivity contribution in [3.05, 3.63) is 18.2 Å². The quantitative estimate of drug-likeness (QED) is 0.781. The van der Waals surface area contributed by atoms with Crippen LogP contribution in [0.2, 0.25) is 0 Å². The van der Waals surface area contributed by atoms with Crippen LogP contribution in [0.1, 0.15) is 20.8 Å². The average molecular weight is 308 g/mol. The predicted molar refractivity (Wildman–Crippen MR) is 81.7 cm³/mol. The van der Waals surface area contributed by atoms with Gasteiger partial charge in [-0.3, -0.25) is 14.4 Å². The zero-order valence-corrected chi connectivity index (χ0v) is 13.1. The maximum absolute atomic E-state index is 11.8. The molecular weight excluding hydrogens is 288 g/mol. The van der Waals surface area contributed by atoms with Crippen LogP contribution in [-0.4, -0.2) is 31.5 Å². The monoisotopic (exact) mass is 308 g/mol. The summed E-state index contributed by atoms with van der Waals surface area (Å²) in [5, 5.41) is 5.18. The number of nitrogens with one attached hydrogen (secondary N) is 2. The van der Waals surface area contributed by atoms with Crippen LogP contribution in [0.4, 0.5) is 11.4 Å². The lowest BCUT2D eigenvalue weighted by Crippen LogP contribution is -2.23. The Morgan fingerprint density at radius 3 is 2.41 bits per heavy atom. The first kappa shape index (κ1) is 17.5. The average Bonchev–Trinajstić information content (AvgIpc) is 2.44. The second kappa shape index (κ2) is 8.02. The van der Waals surface area contributed by atoms with Crippen molar-refractivity contribution in [2.45, 2.75) is 20.8 Å². The Hall–Kier alpha value is -2.57. The fourth-order valence-corrected chi connectivity index (χ4v) is 1.58. The van der Waals surface area contributed by atoms with Gasteiger partial charge in [0.05, 0.1) is 18.7 Å². The van der Waals surface area contributed by atoms with Crippen LogP contribution in [-0.2, 0) is 19.1 Å². The molecule has 0 fully saturated rings. The Kier molecular flexibility index (Phi) is 6.37. The summed E-state index contributed by atoms with van der Waals surface area (Å²) in [5.74, 6) is -1.04. The van der Waals surface area contributed by atoms with E-state index in [2.05, 4.69) is 10.6 Å². The summed E-state index contributed by atoms with van der Waals surface area (Å²) in [6.07, 6.45) is 0. The van der Waals surface area contributed by atoms with Crippen molar-refractivity contribution in [2.24, 2.45) is 5.92 Å². The molecule has 0 heterocycles. The van der Waals surface area contributed by atoms with Gasteiger partial charge in [0.15, 0.2) is 6.61 Å². The summed E-state index contributed by atoms with van der Waals surface area (Å²) in [5.41, 5.74) is 0.891. The molecule has 0 aliphatic rings. The third-order valence-corrected chi connectivity index (χ3v) is 2.61. The molecule has 0 radical (unpaired) electrons. The van der Waals surface area contributed by atoms with Crippen molar-refractivity contribution in [1.29, 1.82) is 0 Å². The van der Waals surface area contributed by atoms with E-state index in [1.54, 1.807) is 32.0 Å². The SMILES string of the molecule is COc1ccc(NC(C)=O)cc1NC(=O)COC(=O)C(C)C. The summed E-state index contributed by atoms with van der Waals surface area (Å²) in [6.45, 7) is 4.36. The van der Waals surface area contributed by atoms with E-state index in [1.165, 1.54) is 14.0 Å². The first-order valence-electron chi connectivity index (χ1n) is 6.75. The highest BCUT2D eigenvalue weighted by Crippen LogP contribution is 2.27. The molecular formula is C15H20N2O5. The maximum Gasteiger partial charge on any atom is 0.308 e. The number of anilines is 2. The van der Waals surface area contributed by atoms with Gasteiger partial charge in [0.1, 0.15) is 5.75 Å². The lowest BCUT2D eigenvalue weighted by molar-refractivity contribution is -0.150. The topological polar surface area (TPSA) is 93.7 Å². The minimum atomic E-state index is -0.493.